The summed E-state index contributed by atoms with van der Waals surface area (Å²) in [4.78, 5) is 26.5. The molecule has 2 amide bonds. The molecule has 0 aliphatic carbocycles. The summed E-state index contributed by atoms with van der Waals surface area (Å²) in [6.45, 7) is 8.22. The van der Waals surface area contributed by atoms with Crippen LogP contribution in [-0.2, 0) is 4.79 Å². The molecule has 1 atom stereocenters. The predicted octanol–water partition coefficient (Wildman–Crippen LogP) is 5.03. The van der Waals surface area contributed by atoms with Crippen LogP contribution in [0.4, 0.5) is 0 Å². The minimum Gasteiger partial charge on any atom is -0.491 e. The maximum absolute atomic E-state index is 13.0. The van der Waals surface area contributed by atoms with E-state index in [1.807, 2.05) is 75.5 Å². The van der Waals surface area contributed by atoms with Crippen LogP contribution in [-0.4, -0.2) is 24.5 Å². The fraction of sp³-hybridized carbons (Fsp3) is 0.231. The number of benzene rings is 2. The van der Waals surface area contributed by atoms with Gasteiger partial charge in [-0.3, -0.25) is 9.59 Å². The normalized spacial score (nSPS) is 12.2. The molecule has 3 rings (SSSR count). The van der Waals surface area contributed by atoms with Gasteiger partial charge >= 0.3 is 0 Å². The number of hydrogen-bond donors (Lipinski definition) is 2. The molecular formula is C26H28N2O3S. The van der Waals surface area contributed by atoms with Crippen LogP contribution in [0.2, 0.25) is 0 Å². The summed E-state index contributed by atoms with van der Waals surface area (Å²) >= 11 is 1.49. The van der Waals surface area contributed by atoms with Gasteiger partial charge in [0.25, 0.3) is 11.8 Å². The number of aryl methyl sites for hydroxylation is 3. The monoisotopic (exact) mass is 448 g/mol. The zero-order valence-corrected chi connectivity index (χ0v) is 19.6. The Balaban J connectivity index is 1.67. The molecule has 166 valence electrons. The highest BCUT2D eigenvalue weighted by atomic mass is 32.1. The smallest absolute Gasteiger partial charge is 0.268 e. The van der Waals surface area contributed by atoms with E-state index in [9.17, 15) is 9.59 Å². The summed E-state index contributed by atoms with van der Waals surface area (Å²) in [5.41, 5.74) is 4.10. The zero-order chi connectivity index (χ0) is 23.1. The Morgan fingerprint density at radius 2 is 1.78 bits per heavy atom. The Bertz CT molecular complexity index is 1100. The Hall–Kier alpha value is -3.38. The molecule has 0 radical (unpaired) electrons. The van der Waals surface area contributed by atoms with Gasteiger partial charge in [0.2, 0.25) is 0 Å². The summed E-state index contributed by atoms with van der Waals surface area (Å²) < 4.78 is 5.83. The Kier molecular flexibility index (Phi) is 7.84. The third kappa shape index (κ3) is 6.56. The van der Waals surface area contributed by atoms with E-state index in [1.165, 1.54) is 16.9 Å². The average molecular weight is 449 g/mol. The lowest BCUT2D eigenvalue weighted by Crippen LogP contribution is -2.41. The van der Waals surface area contributed by atoms with Crippen molar-refractivity contribution in [3.63, 3.8) is 0 Å². The van der Waals surface area contributed by atoms with Crippen LogP contribution >= 0.6 is 11.3 Å². The predicted molar refractivity (Wildman–Crippen MR) is 130 cm³/mol. The van der Waals surface area contributed by atoms with Gasteiger partial charge in [-0.2, -0.15) is 0 Å². The molecule has 0 aliphatic rings. The van der Waals surface area contributed by atoms with Crippen LogP contribution in [0.1, 0.15) is 38.8 Å². The molecule has 0 saturated carbocycles. The first-order chi connectivity index (χ1) is 15.3. The number of hydrogen-bond acceptors (Lipinski definition) is 4. The van der Waals surface area contributed by atoms with Gasteiger partial charge < -0.3 is 15.4 Å². The minimum atomic E-state index is -0.366. The highest BCUT2D eigenvalue weighted by Gasteiger charge is 2.17. The van der Waals surface area contributed by atoms with Crippen molar-refractivity contribution in [2.75, 3.05) is 6.61 Å². The van der Waals surface area contributed by atoms with Crippen molar-refractivity contribution in [2.45, 2.75) is 33.7 Å². The number of thiophene rings is 1. The highest BCUT2D eigenvalue weighted by Crippen LogP contribution is 2.17. The number of carbonyl (C=O) groups is 2. The van der Waals surface area contributed by atoms with Crippen molar-refractivity contribution < 1.29 is 14.3 Å². The second-order valence-corrected chi connectivity index (χ2v) is 8.80. The molecule has 1 unspecified atom stereocenters. The van der Waals surface area contributed by atoms with Crippen LogP contribution in [0.3, 0.4) is 0 Å². The fourth-order valence-corrected chi connectivity index (χ4v) is 3.60. The largest absolute Gasteiger partial charge is 0.491 e. The molecule has 5 nitrogen and oxygen atoms in total. The van der Waals surface area contributed by atoms with Gasteiger partial charge in [-0.05, 0) is 80.6 Å². The number of amides is 2. The molecule has 32 heavy (non-hydrogen) atoms. The van der Waals surface area contributed by atoms with Gasteiger partial charge in [0.15, 0.2) is 0 Å². The van der Waals surface area contributed by atoms with Crippen LogP contribution in [0, 0.1) is 20.8 Å². The minimum absolute atomic E-state index is 0.191. The summed E-state index contributed by atoms with van der Waals surface area (Å²) in [7, 11) is 0. The van der Waals surface area contributed by atoms with Gasteiger partial charge in [0, 0.05) is 10.4 Å². The lowest BCUT2D eigenvalue weighted by atomic mass is 10.1. The number of nitrogens with one attached hydrogen (secondary N) is 2. The van der Waals surface area contributed by atoms with Gasteiger partial charge in [0.05, 0.1) is 6.04 Å². The third-order valence-electron chi connectivity index (χ3n) is 4.99. The van der Waals surface area contributed by atoms with E-state index < -0.39 is 0 Å². The first-order valence-corrected chi connectivity index (χ1v) is 11.3. The number of ether oxygens (including phenoxy) is 1. The molecule has 0 aliphatic heterocycles. The zero-order valence-electron chi connectivity index (χ0n) is 18.8. The Labute approximate surface area is 193 Å². The quantitative estimate of drug-likeness (QED) is 0.475. The molecule has 6 heteroatoms. The van der Waals surface area contributed by atoms with Gasteiger partial charge in [-0.15, -0.1) is 11.3 Å². The van der Waals surface area contributed by atoms with Crippen molar-refractivity contribution in [1.29, 1.82) is 0 Å². The molecule has 1 heterocycles. The standard InChI is InChI=1S/C26H28N2O3S/c1-17-7-10-21(11-8-17)25(29)28-24(15-23-6-5-13-32-23)26(30)27-20(4)16-31-22-12-9-18(2)19(3)14-22/h5-15,20H,16H2,1-4H3,(H,27,30)(H,28,29)/b24-15-. The van der Waals surface area contributed by atoms with Crippen LogP contribution in [0.25, 0.3) is 6.08 Å². The van der Waals surface area contributed by atoms with E-state index in [0.29, 0.717) is 12.2 Å². The van der Waals surface area contributed by atoms with E-state index in [0.717, 1.165) is 21.8 Å². The number of rotatable bonds is 8. The Morgan fingerprint density at radius 1 is 1.03 bits per heavy atom. The summed E-state index contributed by atoms with van der Waals surface area (Å²) in [5, 5.41) is 7.59. The van der Waals surface area contributed by atoms with Crippen molar-refractivity contribution in [1.82, 2.24) is 10.6 Å². The fourth-order valence-electron chi connectivity index (χ4n) is 2.94. The maximum Gasteiger partial charge on any atom is 0.268 e. The van der Waals surface area contributed by atoms with Crippen molar-refractivity contribution in [2.24, 2.45) is 0 Å². The van der Waals surface area contributed by atoms with E-state index >= 15 is 0 Å². The third-order valence-corrected chi connectivity index (χ3v) is 5.81. The molecule has 2 N–H and O–H groups in total. The number of carbonyl (C=O) groups excluding carboxylic acids is 2. The van der Waals surface area contributed by atoms with Crippen LogP contribution in [0.15, 0.2) is 65.7 Å². The molecule has 2 aromatic carbocycles. The SMILES string of the molecule is Cc1ccc(C(=O)N/C(=C\c2cccs2)C(=O)NC(C)COc2ccc(C)c(C)c2)cc1. The maximum atomic E-state index is 13.0. The first kappa shape index (κ1) is 23.3. The van der Waals surface area contributed by atoms with Gasteiger partial charge in [-0.1, -0.05) is 29.8 Å². The van der Waals surface area contributed by atoms with E-state index in [1.54, 1.807) is 18.2 Å². The molecule has 3 aromatic rings. The highest BCUT2D eigenvalue weighted by molar-refractivity contribution is 7.10. The molecule has 0 spiro atoms. The Morgan fingerprint density at radius 3 is 2.44 bits per heavy atom. The van der Waals surface area contributed by atoms with Crippen LogP contribution in [0.5, 0.6) is 5.75 Å². The van der Waals surface area contributed by atoms with E-state index in [2.05, 4.69) is 10.6 Å². The van der Waals surface area contributed by atoms with E-state index in [-0.39, 0.29) is 23.6 Å². The van der Waals surface area contributed by atoms with E-state index in [4.69, 9.17) is 4.74 Å². The second-order valence-electron chi connectivity index (χ2n) is 7.83. The average Bonchev–Trinajstić information content (AvgIpc) is 3.27. The molecular weight excluding hydrogens is 420 g/mol. The molecule has 0 fully saturated rings. The second kappa shape index (κ2) is 10.8. The summed E-state index contributed by atoms with van der Waals surface area (Å²) in [6, 6.07) is 16.7. The molecule has 0 bridgehead atoms. The molecule has 1 aromatic heterocycles. The van der Waals surface area contributed by atoms with Crippen LogP contribution < -0.4 is 15.4 Å². The lowest BCUT2D eigenvalue weighted by molar-refractivity contribution is -0.118. The summed E-state index contributed by atoms with van der Waals surface area (Å²) in [5.74, 6) is 0.0632. The van der Waals surface area contributed by atoms with Crippen molar-refractivity contribution in [3.8, 4) is 5.75 Å². The van der Waals surface area contributed by atoms with Crippen molar-refractivity contribution >= 4 is 29.2 Å². The lowest BCUT2D eigenvalue weighted by Gasteiger charge is -2.17. The molecule has 0 saturated heterocycles. The summed E-state index contributed by atoms with van der Waals surface area (Å²) in [6.07, 6.45) is 1.68. The topological polar surface area (TPSA) is 67.4 Å². The van der Waals surface area contributed by atoms with Gasteiger partial charge in [0.1, 0.15) is 18.1 Å². The van der Waals surface area contributed by atoms with Gasteiger partial charge in [-0.25, -0.2) is 0 Å². The first-order valence-electron chi connectivity index (χ1n) is 10.5. The van der Waals surface area contributed by atoms with Crippen molar-refractivity contribution in [3.05, 3.63) is 92.8 Å².